The van der Waals surface area contributed by atoms with Crippen molar-refractivity contribution in [3.8, 4) is 22.5 Å². The molecule has 4 nitrogen and oxygen atoms in total. The summed E-state index contributed by atoms with van der Waals surface area (Å²) in [5.41, 5.74) is 6.47. The number of anilines is 1. The Kier molecular flexibility index (Phi) is 3.31. The minimum atomic E-state index is -0.569. The Bertz CT molecular complexity index is 782. The van der Waals surface area contributed by atoms with Gasteiger partial charge in [0.05, 0.1) is 22.5 Å². The van der Waals surface area contributed by atoms with Gasteiger partial charge in [0.1, 0.15) is 17.3 Å². The monoisotopic (exact) mass is 307 g/mol. The van der Waals surface area contributed by atoms with E-state index in [1.54, 1.807) is 0 Å². The van der Waals surface area contributed by atoms with E-state index in [4.69, 9.17) is 21.9 Å². The molecule has 0 amide bonds. The molecule has 0 atom stereocenters. The first-order chi connectivity index (χ1) is 10.1. The topological polar surface area (TPSA) is 64.9 Å². The average Bonchev–Trinajstić information content (AvgIpc) is 2.82. The summed E-state index contributed by atoms with van der Waals surface area (Å²) in [5.74, 6) is -1.16. The molecule has 0 aliphatic carbocycles. The highest BCUT2D eigenvalue weighted by Gasteiger charge is 2.23. The van der Waals surface area contributed by atoms with E-state index in [0.717, 1.165) is 6.20 Å². The maximum Gasteiger partial charge on any atom is 0.230 e. The number of halogens is 3. The van der Waals surface area contributed by atoms with E-state index in [0.29, 0.717) is 5.69 Å². The van der Waals surface area contributed by atoms with Crippen LogP contribution in [0.5, 0.6) is 0 Å². The Hall–Kier alpha value is -2.47. The van der Waals surface area contributed by atoms with Gasteiger partial charge in [0.25, 0.3) is 0 Å². The van der Waals surface area contributed by atoms with E-state index in [1.165, 1.54) is 30.3 Å². The Morgan fingerprint density at radius 3 is 2.57 bits per heavy atom. The van der Waals surface area contributed by atoms with Crippen molar-refractivity contribution in [3.05, 3.63) is 53.2 Å². The molecule has 3 rings (SSSR count). The van der Waals surface area contributed by atoms with Crippen LogP contribution in [0, 0.1) is 11.6 Å². The summed E-state index contributed by atoms with van der Waals surface area (Å²) in [6.07, 6.45) is 1.02. The number of nitrogen functional groups attached to an aromatic ring is 1. The maximum atomic E-state index is 14.1. The molecule has 0 radical (unpaired) electrons. The molecule has 2 aromatic heterocycles. The summed E-state index contributed by atoms with van der Waals surface area (Å²) in [7, 11) is 0. The van der Waals surface area contributed by atoms with Crippen molar-refractivity contribution < 1.29 is 13.3 Å². The van der Waals surface area contributed by atoms with E-state index in [2.05, 4.69) is 10.1 Å². The Balaban J connectivity index is 2.25. The van der Waals surface area contributed by atoms with Crippen molar-refractivity contribution in [1.82, 2.24) is 10.1 Å². The number of benzene rings is 1. The number of aromatic nitrogens is 2. The summed E-state index contributed by atoms with van der Waals surface area (Å²) in [6.45, 7) is 0. The zero-order valence-electron chi connectivity index (χ0n) is 10.5. The highest BCUT2D eigenvalue weighted by molar-refractivity contribution is 6.33. The third-order valence-corrected chi connectivity index (χ3v) is 3.22. The lowest BCUT2D eigenvalue weighted by molar-refractivity contribution is 0.439. The zero-order chi connectivity index (χ0) is 15.0. The van der Waals surface area contributed by atoms with Gasteiger partial charge < -0.3 is 10.3 Å². The molecule has 0 bridgehead atoms. The molecule has 2 N–H and O–H groups in total. The molecule has 7 heteroatoms. The van der Waals surface area contributed by atoms with Gasteiger partial charge in [0.2, 0.25) is 5.88 Å². The number of rotatable bonds is 2. The molecular formula is C14H8ClF2N3O. The van der Waals surface area contributed by atoms with E-state index < -0.39 is 11.6 Å². The zero-order valence-corrected chi connectivity index (χ0v) is 11.2. The van der Waals surface area contributed by atoms with Gasteiger partial charge in [-0.3, -0.25) is 4.98 Å². The van der Waals surface area contributed by atoms with Gasteiger partial charge in [-0.25, -0.2) is 8.78 Å². The second kappa shape index (κ2) is 5.14. The molecule has 3 aromatic rings. The summed E-state index contributed by atoms with van der Waals surface area (Å²) < 4.78 is 31.9. The average molecular weight is 308 g/mol. The Morgan fingerprint density at radius 1 is 1.10 bits per heavy atom. The summed E-state index contributed by atoms with van der Waals surface area (Å²) in [4.78, 5) is 3.89. The number of nitrogens with two attached hydrogens (primary N) is 1. The molecular weight excluding hydrogens is 300 g/mol. The van der Waals surface area contributed by atoms with Crippen molar-refractivity contribution in [2.75, 3.05) is 5.73 Å². The highest BCUT2D eigenvalue weighted by atomic mass is 35.5. The Labute approximate surface area is 123 Å². The third kappa shape index (κ3) is 2.34. The van der Waals surface area contributed by atoms with Crippen molar-refractivity contribution in [2.24, 2.45) is 0 Å². The van der Waals surface area contributed by atoms with Crippen LogP contribution in [0.2, 0.25) is 5.02 Å². The van der Waals surface area contributed by atoms with Gasteiger partial charge in [-0.1, -0.05) is 22.8 Å². The van der Waals surface area contributed by atoms with Crippen LogP contribution >= 0.6 is 11.6 Å². The van der Waals surface area contributed by atoms with Crippen molar-refractivity contribution in [2.45, 2.75) is 0 Å². The minimum Gasteiger partial charge on any atom is -0.367 e. The number of pyridine rings is 1. The molecule has 0 spiro atoms. The Morgan fingerprint density at radius 2 is 1.90 bits per heavy atom. The van der Waals surface area contributed by atoms with Crippen LogP contribution in [-0.2, 0) is 0 Å². The predicted octanol–water partition coefficient (Wildman–Crippen LogP) is 3.92. The molecule has 0 fully saturated rings. The van der Waals surface area contributed by atoms with E-state index in [-0.39, 0.29) is 27.7 Å². The quantitative estimate of drug-likeness (QED) is 0.779. The molecule has 0 saturated carbocycles. The molecule has 0 aliphatic rings. The first kappa shape index (κ1) is 13.5. The molecule has 0 aliphatic heterocycles. The van der Waals surface area contributed by atoms with E-state index in [1.807, 2.05) is 0 Å². The van der Waals surface area contributed by atoms with E-state index >= 15 is 0 Å². The third-order valence-electron chi connectivity index (χ3n) is 2.90. The lowest BCUT2D eigenvalue weighted by Gasteiger charge is -2.06. The van der Waals surface area contributed by atoms with Crippen LogP contribution < -0.4 is 5.73 Å². The van der Waals surface area contributed by atoms with Crippen molar-refractivity contribution in [1.29, 1.82) is 0 Å². The number of nitrogens with zero attached hydrogens (tertiary/aromatic N) is 2. The molecule has 2 heterocycles. The summed E-state index contributed by atoms with van der Waals surface area (Å²) in [5, 5.41) is 3.92. The van der Waals surface area contributed by atoms with Crippen LogP contribution in [0.3, 0.4) is 0 Å². The SMILES string of the molecule is Nc1onc(-c2ccc(F)cn2)c1-c1c(F)cccc1Cl. The number of hydrogen-bond donors (Lipinski definition) is 1. The van der Waals surface area contributed by atoms with Crippen LogP contribution in [0.15, 0.2) is 41.1 Å². The molecule has 106 valence electrons. The van der Waals surface area contributed by atoms with Crippen molar-refractivity contribution in [3.63, 3.8) is 0 Å². The molecule has 21 heavy (non-hydrogen) atoms. The van der Waals surface area contributed by atoms with Crippen LogP contribution in [0.4, 0.5) is 14.7 Å². The van der Waals surface area contributed by atoms with Gasteiger partial charge >= 0.3 is 0 Å². The van der Waals surface area contributed by atoms with Gasteiger partial charge in [-0.2, -0.15) is 0 Å². The van der Waals surface area contributed by atoms with Gasteiger partial charge in [-0.05, 0) is 24.3 Å². The summed E-state index contributed by atoms with van der Waals surface area (Å²) in [6, 6.07) is 6.84. The maximum absolute atomic E-state index is 14.1. The highest BCUT2D eigenvalue weighted by Crippen LogP contribution is 2.40. The standard InChI is InChI=1S/C14H8ClF2N3O/c15-8-2-1-3-9(17)11(8)12-13(20-21-14(12)18)10-5-4-7(16)6-19-10/h1-6H,18H2. The molecule has 0 saturated heterocycles. The largest absolute Gasteiger partial charge is 0.367 e. The lowest BCUT2D eigenvalue weighted by atomic mass is 10.0. The fourth-order valence-corrected chi connectivity index (χ4v) is 2.23. The van der Waals surface area contributed by atoms with E-state index in [9.17, 15) is 8.78 Å². The van der Waals surface area contributed by atoms with Crippen LogP contribution in [0.25, 0.3) is 22.5 Å². The molecule has 1 aromatic carbocycles. The van der Waals surface area contributed by atoms with Crippen LogP contribution in [-0.4, -0.2) is 10.1 Å². The first-order valence-electron chi connectivity index (χ1n) is 5.89. The predicted molar refractivity (Wildman–Crippen MR) is 74.5 cm³/mol. The van der Waals surface area contributed by atoms with Gasteiger partial charge in [-0.15, -0.1) is 0 Å². The fourth-order valence-electron chi connectivity index (χ4n) is 1.97. The second-order valence-corrected chi connectivity index (χ2v) is 4.64. The lowest BCUT2D eigenvalue weighted by Crippen LogP contribution is -1.93. The smallest absolute Gasteiger partial charge is 0.230 e. The van der Waals surface area contributed by atoms with Crippen molar-refractivity contribution >= 4 is 17.5 Å². The molecule has 0 unspecified atom stereocenters. The van der Waals surface area contributed by atoms with Gasteiger partial charge in [0, 0.05) is 5.56 Å². The first-order valence-corrected chi connectivity index (χ1v) is 6.27. The fraction of sp³-hybridized carbons (Fsp3) is 0. The summed E-state index contributed by atoms with van der Waals surface area (Å²) >= 11 is 6.03. The van der Waals surface area contributed by atoms with Crippen LogP contribution in [0.1, 0.15) is 0 Å². The van der Waals surface area contributed by atoms with Gasteiger partial charge in [0.15, 0.2) is 0 Å². The normalized spacial score (nSPS) is 10.8. The second-order valence-electron chi connectivity index (χ2n) is 4.23. The minimum absolute atomic E-state index is 0.0686. The number of hydrogen-bond acceptors (Lipinski definition) is 4.